The van der Waals surface area contributed by atoms with E-state index in [1.165, 1.54) is 24.3 Å². The van der Waals surface area contributed by atoms with Gasteiger partial charge in [-0.05, 0) is 53.8 Å². The molecule has 3 nitrogen and oxygen atoms in total. The number of aromatic nitrogens is 2. The molecule has 1 aromatic carbocycles. The molecule has 0 N–H and O–H groups in total. The predicted octanol–water partition coefficient (Wildman–Crippen LogP) is 3.68. The smallest absolute Gasteiger partial charge is 0.406 e. The maximum absolute atomic E-state index is 12.0. The topological polar surface area (TPSA) is 27.1 Å². The summed E-state index contributed by atoms with van der Waals surface area (Å²) in [7, 11) is 0. The Hall–Kier alpha value is -1.25. The first kappa shape index (κ1) is 13.2. The normalized spacial score (nSPS) is 11.6. The van der Waals surface area contributed by atoms with Crippen LogP contribution in [0, 0.1) is 10.6 Å². The third-order valence-electron chi connectivity index (χ3n) is 2.17. The number of rotatable bonds is 2. The molecule has 0 saturated heterocycles. The van der Waals surface area contributed by atoms with E-state index in [9.17, 15) is 13.2 Å². The zero-order chi connectivity index (χ0) is 13.3. The Morgan fingerprint density at radius 2 is 1.83 bits per heavy atom. The van der Waals surface area contributed by atoms with Gasteiger partial charge in [-0.2, -0.15) is 5.10 Å². The highest BCUT2D eigenvalue weighted by atomic mass is 127. The van der Waals surface area contributed by atoms with Gasteiger partial charge >= 0.3 is 6.36 Å². The highest BCUT2D eigenvalue weighted by Crippen LogP contribution is 2.23. The molecule has 0 saturated carbocycles. The molecule has 1 aromatic heterocycles. The van der Waals surface area contributed by atoms with E-state index in [2.05, 4.69) is 32.4 Å². The maximum atomic E-state index is 12.0. The van der Waals surface area contributed by atoms with Crippen LogP contribution in [0.15, 0.2) is 30.5 Å². The van der Waals surface area contributed by atoms with E-state index in [4.69, 9.17) is 0 Å². The molecule has 96 valence electrons. The van der Waals surface area contributed by atoms with E-state index in [1.807, 2.05) is 6.92 Å². The van der Waals surface area contributed by atoms with Crippen LogP contribution in [0.2, 0.25) is 0 Å². The SMILES string of the molecule is Cc1cn(-c2ccc(OC(F)(F)F)cc2)nc1I. The van der Waals surface area contributed by atoms with Crippen LogP contribution in [0.5, 0.6) is 5.75 Å². The Kier molecular flexibility index (Phi) is 3.51. The zero-order valence-corrected chi connectivity index (χ0v) is 11.4. The summed E-state index contributed by atoms with van der Waals surface area (Å²) >= 11 is 2.09. The molecule has 0 fully saturated rings. The number of benzene rings is 1. The largest absolute Gasteiger partial charge is 0.573 e. The zero-order valence-electron chi connectivity index (χ0n) is 9.20. The quantitative estimate of drug-likeness (QED) is 0.757. The van der Waals surface area contributed by atoms with Crippen LogP contribution in [0.25, 0.3) is 5.69 Å². The van der Waals surface area contributed by atoms with Crippen molar-refractivity contribution in [2.75, 3.05) is 0 Å². The summed E-state index contributed by atoms with van der Waals surface area (Å²) < 4.78 is 42.2. The third kappa shape index (κ3) is 3.15. The average Bonchev–Trinajstić information content (AvgIpc) is 2.58. The van der Waals surface area contributed by atoms with Gasteiger partial charge in [-0.15, -0.1) is 13.2 Å². The molecule has 0 bridgehead atoms. The van der Waals surface area contributed by atoms with Crippen molar-refractivity contribution in [1.29, 1.82) is 0 Å². The number of hydrogen-bond donors (Lipinski definition) is 0. The molecule has 1 heterocycles. The van der Waals surface area contributed by atoms with Crippen molar-refractivity contribution >= 4 is 22.6 Å². The van der Waals surface area contributed by atoms with Gasteiger partial charge < -0.3 is 4.74 Å². The number of hydrogen-bond acceptors (Lipinski definition) is 2. The standard InChI is InChI=1S/C11H8F3IN2O/c1-7-6-17(16-10(7)15)8-2-4-9(5-3-8)18-11(12,13)14/h2-6H,1H3. The number of halogens is 4. The second-order valence-corrected chi connectivity index (χ2v) is 4.61. The van der Waals surface area contributed by atoms with Gasteiger partial charge in [-0.25, -0.2) is 4.68 Å². The van der Waals surface area contributed by atoms with Gasteiger partial charge in [-0.3, -0.25) is 0 Å². The maximum Gasteiger partial charge on any atom is 0.573 e. The lowest BCUT2D eigenvalue weighted by Crippen LogP contribution is -2.17. The molecule has 0 spiro atoms. The van der Waals surface area contributed by atoms with E-state index in [-0.39, 0.29) is 5.75 Å². The van der Waals surface area contributed by atoms with E-state index in [0.717, 1.165) is 9.26 Å². The van der Waals surface area contributed by atoms with E-state index < -0.39 is 6.36 Å². The summed E-state index contributed by atoms with van der Waals surface area (Å²) in [6, 6.07) is 5.55. The Morgan fingerprint density at radius 3 is 2.28 bits per heavy atom. The molecule has 0 atom stereocenters. The molecule has 0 aliphatic rings. The van der Waals surface area contributed by atoms with Crippen LogP contribution in [0.4, 0.5) is 13.2 Å². The van der Waals surface area contributed by atoms with Crippen molar-refractivity contribution in [2.24, 2.45) is 0 Å². The van der Waals surface area contributed by atoms with E-state index in [0.29, 0.717) is 5.69 Å². The molecule has 2 aromatic rings. The summed E-state index contributed by atoms with van der Waals surface area (Å²) in [6.45, 7) is 1.91. The average molecular weight is 368 g/mol. The van der Waals surface area contributed by atoms with Gasteiger partial charge in [0.2, 0.25) is 0 Å². The van der Waals surface area contributed by atoms with Gasteiger partial charge in [-0.1, -0.05) is 0 Å². The van der Waals surface area contributed by atoms with Crippen LogP contribution < -0.4 is 4.74 Å². The molecule has 18 heavy (non-hydrogen) atoms. The second-order valence-electron chi connectivity index (χ2n) is 3.59. The lowest BCUT2D eigenvalue weighted by atomic mass is 10.3. The number of alkyl halides is 3. The number of nitrogens with zero attached hydrogens (tertiary/aromatic N) is 2. The lowest BCUT2D eigenvalue weighted by Gasteiger charge is -2.09. The van der Waals surface area contributed by atoms with E-state index >= 15 is 0 Å². The lowest BCUT2D eigenvalue weighted by molar-refractivity contribution is -0.274. The van der Waals surface area contributed by atoms with Crippen molar-refractivity contribution in [1.82, 2.24) is 9.78 Å². The second kappa shape index (κ2) is 4.79. The Morgan fingerprint density at radius 1 is 1.22 bits per heavy atom. The van der Waals surface area contributed by atoms with Crippen LogP contribution in [-0.2, 0) is 0 Å². The van der Waals surface area contributed by atoms with Crippen molar-refractivity contribution in [3.63, 3.8) is 0 Å². The summed E-state index contributed by atoms with van der Waals surface area (Å²) in [5.74, 6) is -0.246. The monoisotopic (exact) mass is 368 g/mol. The van der Waals surface area contributed by atoms with Gasteiger partial charge in [0.05, 0.1) is 5.69 Å². The minimum Gasteiger partial charge on any atom is -0.406 e. The fraction of sp³-hybridized carbons (Fsp3) is 0.182. The molecule has 7 heteroatoms. The van der Waals surface area contributed by atoms with Crippen molar-refractivity contribution in [3.05, 3.63) is 39.7 Å². The highest BCUT2D eigenvalue weighted by Gasteiger charge is 2.30. The molecule has 0 aliphatic carbocycles. The van der Waals surface area contributed by atoms with Gasteiger partial charge in [0, 0.05) is 11.8 Å². The van der Waals surface area contributed by atoms with Crippen molar-refractivity contribution < 1.29 is 17.9 Å². The molecule has 0 amide bonds. The summed E-state index contributed by atoms with van der Waals surface area (Å²) in [5.41, 5.74) is 1.68. The summed E-state index contributed by atoms with van der Waals surface area (Å²) in [5, 5.41) is 4.23. The minimum absolute atomic E-state index is 0.246. The molecule has 0 radical (unpaired) electrons. The minimum atomic E-state index is -4.67. The van der Waals surface area contributed by atoms with Gasteiger partial charge in [0.15, 0.2) is 0 Å². The van der Waals surface area contributed by atoms with Crippen LogP contribution in [-0.4, -0.2) is 16.1 Å². The summed E-state index contributed by atoms with van der Waals surface area (Å²) in [6.07, 6.45) is -2.86. The summed E-state index contributed by atoms with van der Waals surface area (Å²) in [4.78, 5) is 0. The fourth-order valence-corrected chi connectivity index (χ4v) is 1.74. The predicted molar refractivity (Wildman–Crippen MR) is 67.7 cm³/mol. The van der Waals surface area contributed by atoms with Crippen molar-refractivity contribution in [3.8, 4) is 11.4 Å². The highest BCUT2D eigenvalue weighted by molar-refractivity contribution is 14.1. The van der Waals surface area contributed by atoms with Crippen LogP contribution in [0.3, 0.4) is 0 Å². The Bertz CT molecular complexity index is 529. The van der Waals surface area contributed by atoms with Crippen LogP contribution >= 0.6 is 22.6 Å². The Labute approximate surface area is 115 Å². The fourth-order valence-electron chi connectivity index (χ4n) is 1.37. The Balaban J connectivity index is 2.22. The first-order valence-corrected chi connectivity index (χ1v) is 6.01. The molecule has 0 unspecified atom stereocenters. The third-order valence-corrected chi connectivity index (χ3v) is 3.24. The van der Waals surface area contributed by atoms with Gasteiger partial charge in [0.25, 0.3) is 0 Å². The number of ether oxygens (including phenoxy) is 1. The van der Waals surface area contributed by atoms with Gasteiger partial charge in [0.1, 0.15) is 9.45 Å². The molecular formula is C11H8F3IN2O. The van der Waals surface area contributed by atoms with Crippen LogP contribution in [0.1, 0.15) is 5.56 Å². The van der Waals surface area contributed by atoms with Crippen molar-refractivity contribution in [2.45, 2.75) is 13.3 Å². The first-order valence-electron chi connectivity index (χ1n) is 4.93. The van der Waals surface area contributed by atoms with E-state index in [1.54, 1.807) is 10.9 Å². The molecular weight excluding hydrogens is 360 g/mol. The molecule has 2 rings (SSSR count). The molecule has 0 aliphatic heterocycles. The first-order chi connectivity index (χ1) is 8.35. The number of aryl methyl sites for hydroxylation is 1.